The molecule has 0 saturated heterocycles. The molecule has 2 N–H and O–H groups in total. The minimum absolute atomic E-state index is 0.0287. The minimum Gasteiger partial charge on any atom is -0.479 e. The van der Waals surface area contributed by atoms with Crippen LogP contribution in [-0.2, 0) is 4.79 Å². The summed E-state index contributed by atoms with van der Waals surface area (Å²) in [6.07, 6.45) is 0. The third-order valence-corrected chi connectivity index (χ3v) is 3.28. The van der Waals surface area contributed by atoms with Gasteiger partial charge < -0.3 is 15.4 Å². The Balaban J connectivity index is 1.92. The van der Waals surface area contributed by atoms with E-state index in [-0.39, 0.29) is 18.1 Å². The molecule has 7 heteroatoms. The van der Waals surface area contributed by atoms with Gasteiger partial charge in [0.25, 0.3) is 11.8 Å². The lowest BCUT2D eigenvalue weighted by Gasteiger charge is -2.21. The number of hydrogen-bond donors (Lipinski definition) is 2. The second kappa shape index (κ2) is 5.68. The molecule has 0 fully saturated rings. The van der Waals surface area contributed by atoms with Crippen molar-refractivity contribution < 1.29 is 23.1 Å². The first kappa shape index (κ1) is 15.0. The summed E-state index contributed by atoms with van der Waals surface area (Å²) in [6, 6.07) is 6.24. The topological polar surface area (TPSA) is 67.4 Å². The predicted octanol–water partition coefficient (Wildman–Crippen LogP) is 2.86. The highest BCUT2D eigenvalue weighted by Gasteiger charge is 2.21. The number of ether oxygens (including phenoxy) is 1. The number of benzene rings is 2. The van der Waals surface area contributed by atoms with Gasteiger partial charge in [-0.1, -0.05) is 0 Å². The van der Waals surface area contributed by atoms with E-state index in [0.717, 1.165) is 17.7 Å². The van der Waals surface area contributed by atoms with E-state index in [9.17, 15) is 18.4 Å². The summed E-state index contributed by atoms with van der Waals surface area (Å²) in [5.74, 6) is -2.71. The number of rotatable bonds is 2. The van der Waals surface area contributed by atoms with Crippen LogP contribution < -0.4 is 15.4 Å². The fraction of sp³-hybridized carbons (Fsp3) is 0.125. The van der Waals surface area contributed by atoms with Gasteiger partial charge in [-0.2, -0.15) is 0 Å². The summed E-state index contributed by atoms with van der Waals surface area (Å²) in [5.41, 5.74) is 1.55. The largest absolute Gasteiger partial charge is 0.479 e. The molecule has 0 aliphatic carbocycles. The van der Waals surface area contributed by atoms with E-state index < -0.39 is 17.5 Å². The molecule has 23 heavy (non-hydrogen) atoms. The van der Waals surface area contributed by atoms with Gasteiger partial charge in [-0.15, -0.1) is 0 Å². The van der Waals surface area contributed by atoms with Gasteiger partial charge in [-0.05, 0) is 42.8 Å². The van der Waals surface area contributed by atoms with E-state index in [2.05, 4.69) is 10.6 Å². The normalized spacial score (nSPS) is 12.9. The number of carbonyl (C=O) groups is 2. The Labute approximate surface area is 130 Å². The standard InChI is InChI=1S/C16H12F2N2O3/c1-8-4-12-15(23-7-14(21)19-12)13(5-8)20-16(22)9-2-3-10(17)11(18)6-9/h2-6H,7H2,1H3,(H,19,21)(H,20,22). The number of halogens is 2. The Bertz CT molecular complexity index is 821. The first-order valence-corrected chi connectivity index (χ1v) is 6.78. The van der Waals surface area contributed by atoms with Crippen LogP contribution in [0, 0.1) is 18.6 Å². The molecule has 3 rings (SSSR count). The SMILES string of the molecule is Cc1cc2c(c(NC(=O)c3ccc(F)c(F)c3)c1)OCC(=O)N2. The van der Waals surface area contributed by atoms with Crippen LogP contribution in [-0.4, -0.2) is 18.4 Å². The molecular formula is C16H12F2N2O3. The third-order valence-electron chi connectivity index (χ3n) is 3.28. The molecule has 0 spiro atoms. The summed E-state index contributed by atoms with van der Waals surface area (Å²) in [6.45, 7) is 1.62. The summed E-state index contributed by atoms with van der Waals surface area (Å²) in [4.78, 5) is 23.6. The molecule has 0 radical (unpaired) electrons. The van der Waals surface area contributed by atoms with E-state index in [0.29, 0.717) is 17.1 Å². The summed E-state index contributed by atoms with van der Waals surface area (Å²) in [5, 5.41) is 5.23. The highest BCUT2D eigenvalue weighted by atomic mass is 19.2. The molecule has 0 bridgehead atoms. The number of hydrogen-bond acceptors (Lipinski definition) is 3. The summed E-state index contributed by atoms with van der Waals surface area (Å²) >= 11 is 0. The van der Waals surface area contributed by atoms with Crippen molar-refractivity contribution in [2.24, 2.45) is 0 Å². The molecule has 118 valence electrons. The lowest BCUT2D eigenvalue weighted by molar-refractivity contribution is -0.118. The first-order valence-electron chi connectivity index (χ1n) is 6.78. The zero-order valence-electron chi connectivity index (χ0n) is 12.1. The van der Waals surface area contributed by atoms with E-state index in [1.807, 2.05) is 0 Å². The van der Waals surface area contributed by atoms with Gasteiger partial charge in [0.15, 0.2) is 24.0 Å². The second-order valence-electron chi connectivity index (χ2n) is 5.11. The first-order chi connectivity index (χ1) is 10.9. The second-order valence-corrected chi connectivity index (χ2v) is 5.11. The van der Waals surface area contributed by atoms with Crippen LogP contribution in [0.15, 0.2) is 30.3 Å². The number of carbonyl (C=O) groups excluding carboxylic acids is 2. The highest BCUT2D eigenvalue weighted by molar-refractivity contribution is 6.06. The molecule has 1 aliphatic rings. The maximum atomic E-state index is 13.2. The predicted molar refractivity (Wildman–Crippen MR) is 79.6 cm³/mol. The van der Waals surface area contributed by atoms with Crippen LogP contribution in [0.2, 0.25) is 0 Å². The van der Waals surface area contributed by atoms with Gasteiger partial charge in [0, 0.05) is 5.56 Å². The van der Waals surface area contributed by atoms with E-state index in [4.69, 9.17) is 4.74 Å². The molecule has 1 aliphatic heterocycles. The summed E-state index contributed by atoms with van der Waals surface area (Å²) < 4.78 is 31.5. The van der Waals surface area contributed by atoms with Crippen LogP contribution in [0.1, 0.15) is 15.9 Å². The Hall–Kier alpha value is -2.96. The smallest absolute Gasteiger partial charge is 0.262 e. The lowest BCUT2D eigenvalue weighted by Crippen LogP contribution is -2.26. The minimum atomic E-state index is -1.10. The molecule has 0 unspecified atom stereocenters. The van der Waals surface area contributed by atoms with E-state index >= 15 is 0 Å². The van der Waals surface area contributed by atoms with Crippen molar-refractivity contribution >= 4 is 23.2 Å². The number of fused-ring (bicyclic) bond motifs is 1. The Kier molecular flexibility index (Phi) is 3.69. The number of anilines is 2. The average molecular weight is 318 g/mol. The molecule has 1 heterocycles. The number of nitrogens with one attached hydrogen (secondary N) is 2. The van der Waals surface area contributed by atoms with Gasteiger partial charge in [0.2, 0.25) is 0 Å². The lowest BCUT2D eigenvalue weighted by atomic mass is 10.1. The molecule has 2 aromatic carbocycles. The molecule has 0 saturated carbocycles. The molecule has 5 nitrogen and oxygen atoms in total. The Morgan fingerprint density at radius 3 is 2.74 bits per heavy atom. The van der Waals surface area contributed by atoms with Gasteiger partial charge in [-0.25, -0.2) is 8.78 Å². The Morgan fingerprint density at radius 2 is 2.00 bits per heavy atom. The monoisotopic (exact) mass is 318 g/mol. The van der Waals surface area contributed by atoms with Crippen LogP contribution in [0.5, 0.6) is 5.75 Å². The molecule has 0 aromatic heterocycles. The zero-order valence-corrected chi connectivity index (χ0v) is 12.1. The van der Waals surface area contributed by atoms with Crippen molar-refractivity contribution in [2.45, 2.75) is 6.92 Å². The number of amides is 2. The number of aryl methyl sites for hydroxylation is 1. The average Bonchev–Trinajstić information content (AvgIpc) is 2.49. The van der Waals surface area contributed by atoms with Crippen LogP contribution in [0.3, 0.4) is 0 Å². The molecule has 2 aromatic rings. The fourth-order valence-corrected chi connectivity index (χ4v) is 2.27. The molecule has 0 atom stereocenters. The highest BCUT2D eigenvalue weighted by Crippen LogP contribution is 2.37. The Morgan fingerprint density at radius 1 is 1.22 bits per heavy atom. The van der Waals surface area contributed by atoms with Crippen molar-refractivity contribution in [2.75, 3.05) is 17.2 Å². The zero-order chi connectivity index (χ0) is 16.6. The van der Waals surface area contributed by atoms with Gasteiger partial charge >= 0.3 is 0 Å². The van der Waals surface area contributed by atoms with Crippen LogP contribution in [0.4, 0.5) is 20.2 Å². The summed E-state index contributed by atoms with van der Waals surface area (Å²) in [7, 11) is 0. The van der Waals surface area contributed by atoms with Crippen LogP contribution in [0.25, 0.3) is 0 Å². The van der Waals surface area contributed by atoms with Crippen molar-refractivity contribution in [3.8, 4) is 5.75 Å². The quantitative estimate of drug-likeness (QED) is 0.895. The van der Waals surface area contributed by atoms with Gasteiger partial charge in [0.1, 0.15) is 0 Å². The fourth-order valence-electron chi connectivity index (χ4n) is 2.27. The van der Waals surface area contributed by atoms with Crippen molar-refractivity contribution in [3.05, 3.63) is 53.1 Å². The maximum Gasteiger partial charge on any atom is 0.262 e. The van der Waals surface area contributed by atoms with Crippen molar-refractivity contribution in [1.82, 2.24) is 0 Å². The van der Waals surface area contributed by atoms with E-state index in [1.165, 1.54) is 6.07 Å². The van der Waals surface area contributed by atoms with Gasteiger partial charge in [-0.3, -0.25) is 9.59 Å². The molecule has 2 amide bonds. The van der Waals surface area contributed by atoms with Crippen molar-refractivity contribution in [1.29, 1.82) is 0 Å². The van der Waals surface area contributed by atoms with E-state index in [1.54, 1.807) is 19.1 Å². The maximum absolute atomic E-state index is 13.2. The molecular weight excluding hydrogens is 306 g/mol. The van der Waals surface area contributed by atoms with Gasteiger partial charge in [0.05, 0.1) is 11.4 Å². The van der Waals surface area contributed by atoms with Crippen LogP contribution >= 0.6 is 0 Å². The van der Waals surface area contributed by atoms with Crippen molar-refractivity contribution in [3.63, 3.8) is 0 Å². The third kappa shape index (κ3) is 2.98.